The van der Waals surface area contributed by atoms with Crippen LogP contribution in [0.15, 0.2) is 48.5 Å². The second-order valence-electron chi connectivity index (χ2n) is 5.61. The number of aromatic carboxylic acids is 1. The molecule has 3 rings (SSSR count). The molecule has 1 aliphatic rings. The first-order chi connectivity index (χ1) is 11.5. The summed E-state index contributed by atoms with van der Waals surface area (Å²) >= 11 is 0. The number of carboxylic acids is 1. The lowest BCUT2D eigenvalue weighted by Gasteiger charge is -2.24. The van der Waals surface area contributed by atoms with E-state index in [0.717, 1.165) is 11.1 Å². The number of hydrogen-bond acceptors (Lipinski definition) is 3. The number of anilines is 1. The van der Waals surface area contributed by atoms with E-state index >= 15 is 0 Å². The molecule has 1 aliphatic heterocycles. The predicted octanol–water partition coefficient (Wildman–Crippen LogP) is 2.13. The molecular formula is C18H16N2O4. The molecule has 1 heterocycles. The Bertz CT molecular complexity index is 799. The molecular weight excluding hydrogens is 308 g/mol. The van der Waals surface area contributed by atoms with E-state index in [1.165, 1.54) is 12.1 Å². The van der Waals surface area contributed by atoms with Gasteiger partial charge in [0.25, 0.3) is 0 Å². The van der Waals surface area contributed by atoms with Gasteiger partial charge in [0, 0.05) is 18.7 Å². The summed E-state index contributed by atoms with van der Waals surface area (Å²) in [6, 6.07) is 13.6. The average molecular weight is 324 g/mol. The van der Waals surface area contributed by atoms with E-state index in [1.807, 2.05) is 18.2 Å². The van der Waals surface area contributed by atoms with Crippen LogP contribution < -0.4 is 10.6 Å². The second kappa shape index (κ2) is 6.54. The van der Waals surface area contributed by atoms with Gasteiger partial charge >= 0.3 is 5.97 Å². The van der Waals surface area contributed by atoms with Crippen LogP contribution in [0.25, 0.3) is 0 Å². The number of para-hydroxylation sites is 1. The summed E-state index contributed by atoms with van der Waals surface area (Å²) in [6.07, 6.45) is 0.112. The Kier molecular flexibility index (Phi) is 4.29. The maximum absolute atomic E-state index is 12.5. The van der Waals surface area contributed by atoms with Crippen LogP contribution in [0.2, 0.25) is 0 Å². The highest BCUT2D eigenvalue weighted by molar-refractivity contribution is 6.01. The molecule has 6 heteroatoms. The van der Waals surface area contributed by atoms with Crippen molar-refractivity contribution in [3.63, 3.8) is 0 Å². The van der Waals surface area contributed by atoms with Crippen molar-refractivity contribution in [3.05, 3.63) is 65.2 Å². The third kappa shape index (κ3) is 3.27. The van der Waals surface area contributed by atoms with Crippen molar-refractivity contribution in [1.29, 1.82) is 0 Å². The normalized spacial score (nSPS) is 16.0. The number of benzene rings is 2. The van der Waals surface area contributed by atoms with Crippen LogP contribution in [0.4, 0.5) is 5.69 Å². The maximum atomic E-state index is 12.5. The molecule has 6 nitrogen and oxygen atoms in total. The van der Waals surface area contributed by atoms with E-state index in [2.05, 4.69) is 10.6 Å². The van der Waals surface area contributed by atoms with E-state index in [-0.39, 0.29) is 30.3 Å². The third-order valence-electron chi connectivity index (χ3n) is 3.98. The topological polar surface area (TPSA) is 95.5 Å². The number of carbonyl (C=O) groups excluding carboxylic acids is 2. The van der Waals surface area contributed by atoms with E-state index in [0.29, 0.717) is 5.69 Å². The number of fused-ring (bicyclic) bond motifs is 1. The quantitative estimate of drug-likeness (QED) is 0.803. The van der Waals surface area contributed by atoms with E-state index in [4.69, 9.17) is 5.11 Å². The van der Waals surface area contributed by atoms with Crippen LogP contribution in [-0.2, 0) is 16.1 Å². The van der Waals surface area contributed by atoms with Crippen LogP contribution in [0.3, 0.4) is 0 Å². The zero-order chi connectivity index (χ0) is 17.1. The number of amides is 2. The molecule has 1 atom stereocenters. The van der Waals surface area contributed by atoms with Gasteiger partial charge in [0.05, 0.1) is 11.5 Å². The molecule has 0 saturated heterocycles. The molecule has 0 saturated carbocycles. The summed E-state index contributed by atoms with van der Waals surface area (Å²) in [5, 5.41) is 14.4. The zero-order valence-electron chi connectivity index (χ0n) is 12.8. The molecule has 0 aliphatic carbocycles. The first-order valence-corrected chi connectivity index (χ1v) is 7.53. The molecule has 2 aromatic carbocycles. The van der Waals surface area contributed by atoms with Crippen molar-refractivity contribution in [2.24, 2.45) is 0 Å². The number of carboxylic acid groups (broad SMARTS) is 1. The second-order valence-corrected chi connectivity index (χ2v) is 5.61. The van der Waals surface area contributed by atoms with Crippen LogP contribution in [0, 0.1) is 0 Å². The molecule has 0 spiro atoms. The van der Waals surface area contributed by atoms with Gasteiger partial charge in [-0.25, -0.2) is 4.79 Å². The minimum Gasteiger partial charge on any atom is -0.478 e. The summed E-state index contributed by atoms with van der Waals surface area (Å²) in [5.74, 6) is -1.91. The van der Waals surface area contributed by atoms with Gasteiger partial charge in [-0.05, 0) is 29.3 Å². The predicted molar refractivity (Wildman–Crippen MR) is 87.7 cm³/mol. The van der Waals surface area contributed by atoms with Crippen molar-refractivity contribution < 1.29 is 19.5 Å². The SMILES string of the molecule is O=C1CC(C(=O)NCc2ccc(C(=O)O)cc2)c2ccccc2N1. The average Bonchev–Trinajstić information content (AvgIpc) is 2.59. The maximum Gasteiger partial charge on any atom is 0.335 e. The molecule has 0 fully saturated rings. The highest BCUT2D eigenvalue weighted by atomic mass is 16.4. The Morgan fingerprint density at radius 1 is 1.12 bits per heavy atom. The van der Waals surface area contributed by atoms with Gasteiger partial charge < -0.3 is 15.7 Å². The Labute approximate surface area is 138 Å². The molecule has 2 amide bonds. The Hall–Kier alpha value is -3.15. The van der Waals surface area contributed by atoms with Gasteiger partial charge in [-0.1, -0.05) is 30.3 Å². The summed E-state index contributed by atoms with van der Waals surface area (Å²) in [7, 11) is 0. The lowest BCUT2D eigenvalue weighted by Crippen LogP contribution is -2.34. The van der Waals surface area contributed by atoms with Crippen molar-refractivity contribution in [1.82, 2.24) is 5.32 Å². The van der Waals surface area contributed by atoms with E-state index < -0.39 is 11.9 Å². The Balaban J connectivity index is 1.69. The van der Waals surface area contributed by atoms with Crippen LogP contribution in [-0.4, -0.2) is 22.9 Å². The highest BCUT2D eigenvalue weighted by Gasteiger charge is 2.30. The molecule has 0 radical (unpaired) electrons. The molecule has 1 unspecified atom stereocenters. The lowest BCUT2D eigenvalue weighted by molar-refractivity contribution is -0.126. The van der Waals surface area contributed by atoms with Crippen molar-refractivity contribution in [2.45, 2.75) is 18.9 Å². The van der Waals surface area contributed by atoms with Gasteiger partial charge in [0.15, 0.2) is 0 Å². The number of rotatable bonds is 4. The summed E-state index contributed by atoms with van der Waals surface area (Å²) in [6.45, 7) is 0.277. The highest BCUT2D eigenvalue weighted by Crippen LogP contribution is 2.32. The van der Waals surface area contributed by atoms with Gasteiger partial charge in [0.2, 0.25) is 11.8 Å². The molecule has 3 N–H and O–H groups in total. The lowest BCUT2D eigenvalue weighted by atomic mass is 9.90. The minimum absolute atomic E-state index is 0.112. The summed E-state index contributed by atoms with van der Waals surface area (Å²) < 4.78 is 0. The fourth-order valence-corrected chi connectivity index (χ4v) is 2.72. The number of carbonyl (C=O) groups is 3. The van der Waals surface area contributed by atoms with Gasteiger partial charge in [0.1, 0.15) is 0 Å². The van der Waals surface area contributed by atoms with E-state index in [1.54, 1.807) is 18.2 Å². The van der Waals surface area contributed by atoms with Crippen molar-refractivity contribution in [2.75, 3.05) is 5.32 Å². The monoisotopic (exact) mass is 324 g/mol. The minimum atomic E-state index is -0.990. The molecule has 24 heavy (non-hydrogen) atoms. The van der Waals surface area contributed by atoms with E-state index in [9.17, 15) is 14.4 Å². The smallest absolute Gasteiger partial charge is 0.335 e. The molecule has 0 bridgehead atoms. The van der Waals surface area contributed by atoms with Crippen LogP contribution >= 0.6 is 0 Å². The van der Waals surface area contributed by atoms with Gasteiger partial charge in [-0.15, -0.1) is 0 Å². The fourth-order valence-electron chi connectivity index (χ4n) is 2.72. The van der Waals surface area contributed by atoms with Crippen molar-refractivity contribution in [3.8, 4) is 0 Å². The first kappa shape index (κ1) is 15.7. The van der Waals surface area contributed by atoms with Gasteiger partial charge in [-0.2, -0.15) is 0 Å². The van der Waals surface area contributed by atoms with Crippen LogP contribution in [0.1, 0.15) is 33.8 Å². The first-order valence-electron chi connectivity index (χ1n) is 7.53. The molecule has 122 valence electrons. The van der Waals surface area contributed by atoms with Crippen LogP contribution in [0.5, 0.6) is 0 Å². The standard InChI is InChI=1S/C18H16N2O4/c21-16-9-14(13-3-1-2-4-15(13)20-16)17(22)19-10-11-5-7-12(8-6-11)18(23)24/h1-8,14H,9-10H2,(H,19,22)(H,20,21)(H,23,24). The largest absolute Gasteiger partial charge is 0.478 e. The fraction of sp³-hybridized carbons (Fsp3) is 0.167. The number of nitrogens with one attached hydrogen (secondary N) is 2. The summed E-state index contributed by atoms with van der Waals surface area (Å²) in [4.78, 5) is 35.1. The van der Waals surface area contributed by atoms with Crippen molar-refractivity contribution >= 4 is 23.5 Å². The van der Waals surface area contributed by atoms with Gasteiger partial charge in [-0.3, -0.25) is 9.59 Å². The zero-order valence-corrected chi connectivity index (χ0v) is 12.8. The molecule has 0 aromatic heterocycles. The third-order valence-corrected chi connectivity index (χ3v) is 3.98. The Morgan fingerprint density at radius 2 is 1.83 bits per heavy atom. The Morgan fingerprint density at radius 3 is 2.54 bits per heavy atom. The summed E-state index contributed by atoms with van der Waals surface area (Å²) in [5.41, 5.74) is 2.46. The molecule has 2 aromatic rings. The number of hydrogen-bond donors (Lipinski definition) is 3.